The van der Waals surface area contributed by atoms with E-state index in [2.05, 4.69) is 5.84 Å². The van der Waals surface area contributed by atoms with Crippen molar-refractivity contribution in [2.45, 2.75) is 6.42 Å². The number of carbonyl (C=O) groups excluding carboxylic acids is 2. The Bertz CT molecular complexity index is 81.0. The number of nitrogens with one attached hydrogen (secondary N) is 1. The van der Waals surface area contributed by atoms with E-state index in [1.54, 1.807) is 5.43 Å². The van der Waals surface area contributed by atoms with Crippen LogP contribution in [0.15, 0.2) is 0 Å². The molecule has 0 aliphatic carbocycles. The fourth-order valence-electron chi connectivity index (χ4n) is 0.117. The molecule has 0 fully saturated rings. The van der Waals surface area contributed by atoms with Crippen molar-refractivity contribution in [1.82, 2.24) is 5.43 Å². The smallest absolute Gasteiger partial charge is 0.241 e. The molecule has 0 rings (SSSR count). The van der Waals surface area contributed by atoms with E-state index in [-0.39, 0.29) is 6.42 Å². The van der Waals surface area contributed by atoms with Crippen LogP contribution in [0.2, 0.25) is 0 Å². The van der Waals surface area contributed by atoms with Crippen LogP contribution in [0.25, 0.3) is 0 Å². The highest BCUT2D eigenvalue weighted by atomic mass is 16.2. The van der Waals surface area contributed by atoms with Crippen molar-refractivity contribution in [3.05, 3.63) is 0 Å². The Morgan fingerprint density at radius 1 is 1.86 bits per heavy atom. The zero-order chi connectivity index (χ0) is 5.70. The number of rotatable bonds is 2. The maximum Gasteiger partial charge on any atom is 0.241 e. The predicted octanol–water partition coefficient (Wildman–Crippen LogP) is -1.52. The molecule has 0 bridgehead atoms. The molecule has 0 aromatic heterocycles. The molecule has 3 N–H and O–H groups in total. The van der Waals surface area contributed by atoms with Crippen molar-refractivity contribution >= 4 is 12.2 Å². The first-order valence-corrected chi connectivity index (χ1v) is 1.65. The Balaban J connectivity index is 3.17. The van der Waals surface area contributed by atoms with E-state index < -0.39 is 5.91 Å². The van der Waals surface area contributed by atoms with Gasteiger partial charge in [0, 0.05) is 0 Å². The van der Waals surface area contributed by atoms with Gasteiger partial charge >= 0.3 is 0 Å². The summed E-state index contributed by atoms with van der Waals surface area (Å²) in [6.07, 6.45) is 1.10. The highest BCUT2D eigenvalue weighted by Gasteiger charge is 1.92. The van der Waals surface area contributed by atoms with Crippen LogP contribution >= 0.6 is 0 Å². The maximum absolute atomic E-state index is 9.91. The topological polar surface area (TPSA) is 72.2 Å². The number of hydrogen-bond acceptors (Lipinski definition) is 3. The van der Waals surface area contributed by atoms with Gasteiger partial charge in [0.1, 0.15) is 0 Å². The third-order valence-electron chi connectivity index (χ3n) is 0.394. The molecule has 1 radical (unpaired) electrons. The minimum Gasteiger partial charge on any atom is -0.294 e. The molecule has 0 aromatic carbocycles. The van der Waals surface area contributed by atoms with Gasteiger partial charge in [-0.2, -0.15) is 0 Å². The monoisotopic (exact) mass is 101 g/mol. The quantitative estimate of drug-likeness (QED) is 0.192. The second-order valence-corrected chi connectivity index (χ2v) is 0.889. The van der Waals surface area contributed by atoms with Gasteiger partial charge in [-0.15, -0.1) is 0 Å². The molecular weight excluding hydrogens is 96.0 g/mol. The van der Waals surface area contributed by atoms with Crippen molar-refractivity contribution in [2.24, 2.45) is 5.84 Å². The summed E-state index contributed by atoms with van der Waals surface area (Å²) in [5.41, 5.74) is 1.76. The molecule has 0 aromatic rings. The van der Waals surface area contributed by atoms with E-state index in [4.69, 9.17) is 0 Å². The van der Waals surface area contributed by atoms with Crippen LogP contribution in [0.1, 0.15) is 6.42 Å². The van der Waals surface area contributed by atoms with Gasteiger partial charge in [-0.25, -0.2) is 5.84 Å². The lowest BCUT2D eigenvalue weighted by molar-refractivity contribution is -0.119. The van der Waals surface area contributed by atoms with Crippen LogP contribution in [0.3, 0.4) is 0 Å². The molecular formula is C3H5N2O2. The van der Waals surface area contributed by atoms with Crippen molar-refractivity contribution in [1.29, 1.82) is 0 Å². The van der Waals surface area contributed by atoms with Gasteiger partial charge in [-0.3, -0.25) is 15.0 Å². The van der Waals surface area contributed by atoms with Crippen LogP contribution in [0.4, 0.5) is 0 Å². The minimum absolute atomic E-state index is 0.281. The Morgan fingerprint density at radius 3 is 2.57 bits per heavy atom. The van der Waals surface area contributed by atoms with Crippen LogP contribution in [0.5, 0.6) is 0 Å². The third kappa shape index (κ3) is 2.92. The lowest BCUT2D eigenvalue weighted by Gasteiger charge is -1.86. The Hall–Kier alpha value is -0.900. The summed E-state index contributed by atoms with van der Waals surface area (Å²) in [6.45, 7) is 0. The Kier molecular flexibility index (Phi) is 2.87. The largest absolute Gasteiger partial charge is 0.294 e. The molecule has 4 nitrogen and oxygen atoms in total. The average Bonchev–Trinajstić information content (AvgIpc) is 1.68. The highest BCUT2D eigenvalue weighted by molar-refractivity contribution is 5.87. The zero-order valence-corrected chi connectivity index (χ0v) is 3.60. The van der Waals surface area contributed by atoms with Crippen molar-refractivity contribution in [3.8, 4) is 0 Å². The summed E-state index contributed by atoms with van der Waals surface area (Å²) in [4.78, 5) is 19.2. The van der Waals surface area contributed by atoms with Crippen molar-refractivity contribution in [3.63, 3.8) is 0 Å². The van der Waals surface area contributed by atoms with Crippen LogP contribution in [-0.4, -0.2) is 12.2 Å². The van der Waals surface area contributed by atoms with E-state index in [0.717, 1.165) is 0 Å². The first-order valence-electron chi connectivity index (χ1n) is 1.65. The summed E-state index contributed by atoms with van der Waals surface area (Å²) in [6, 6.07) is 0. The van der Waals surface area contributed by atoms with Gasteiger partial charge in [-0.05, 0) is 0 Å². The maximum atomic E-state index is 9.91. The summed E-state index contributed by atoms with van der Waals surface area (Å²) < 4.78 is 0. The molecule has 0 saturated heterocycles. The second kappa shape index (κ2) is 3.30. The standard InChI is InChI=1S/C3H5N2O2/c4-5-3(7)1-2-6/h1,4H2,(H,5,7). The Labute approximate surface area is 40.7 Å². The summed E-state index contributed by atoms with van der Waals surface area (Å²) in [7, 11) is 0. The molecule has 0 spiro atoms. The predicted molar refractivity (Wildman–Crippen MR) is 22.6 cm³/mol. The average molecular weight is 101 g/mol. The first kappa shape index (κ1) is 6.10. The van der Waals surface area contributed by atoms with Crippen molar-refractivity contribution < 1.29 is 9.59 Å². The number of hydrazine groups is 1. The molecule has 0 unspecified atom stereocenters. The second-order valence-electron chi connectivity index (χ2n) is 0.889. The molecule has 1 amide bonds. The Morgan fingerprint density at radius 2 is 2.43 bits per heavy atom. The van der Waals surface area contributed by atoms with Gasteiger partial charge in [0.25, 0.3) is 0 Å². The molecule has 0 saturated carbocycles. The molecule has 0 aliphatic rings. The van der Waals surface area contributed by atoms with E-state index in [1.807, 2.05) is 0 Å². The summed E-state index contributed by atoms with van der Waals surface area (Å²) in [5.74, 6) is 4.06. The fourth-order valence-corrected chi connectivity index (χ4v) is 0.117. The van der Waals surface area contributed by atoms with Gasteiger partial charge in [0.2, 0.25) is 12.2 Å². The first-order chi connectivity index (χ1) is 3.31. The SMILES string of the molecule is NNC(=O)C[C]=O. The number of amides is 1. The molecule has 0 aliphatic heterocycles. The lowest BCUT2D eigenvalue weighted by atomic mass is 10.5. The van der Waals surface area contributed by atoms with Gasteiger partial charge < -0.3 is 0 Å². The number of hydrogen-bond donors (Lipinski definition) is 2. The molecule has 0 heterocycles. The van der Waals surface area contributed by atoms with Crippen LogP contribution in [-0.2, 0) is 9.59 Å². The molecule has 39 valence electrons. The van der Waals surface area contributed by atoms with Gasteiger partial charge in [-0.1, -0.05) is 0 Å². The summed E-state index contributed by atoms with van der Waals surface area (Å²) >= 11 is 0. The third-order valence-corrected chi connectivity index (χ3v) is 0.394. The fraction of sp³-hybridized carbons (Fsp3) is 0.333. The molecule has 0 atom stereocenters. The zero-order valence-electron chi connectivity index (χ0n) is 3.60. The van der Waals surface area contributed by atoms with E-state index >= 15 is 0 Å². The van der Waals surface area contributed by atoms with E-state index in [9.17, 15) is 9.59 Å². The van der Waals surface area contributed by atoms with E-state index in [0.29, 0.717) is 0 Å². The normalized spacial score (nSPS) is 7.57. The van der Waals surface area contributed by atoms with Crippen LogP contribution < -0.4 is 11.3 Å². The van der Waals surface area contributed by atoms with E-state index in [1.165, 1.54) is 6.29 Å². The van der Waals surface area contributed by atoms with Crippen molar-refractivity contribution in [2.75, 3.05) is 0 Å². The highest BCUT2D eigenvalue weighted by Crippen LogP contribution is 1.64. The number of nitrogens with two attached hydrogens (primary N) is 1. The minimum atomic E-state index is -0.519. The number of carbonyl (C=O) groups is 1. The van der Waals surface area contributed by atoms with Crippen LogP contribution in [0, 0.1) is 0 Å². The summed E-state index contributed by atoms with van der Waals surface area (Å²) in [5, 5.41) is 0. The van der Waals surface area contributed by atoms with Gasteiger partial charge in [0.05, 0.1) is 6.42 Å². The molecule has 7 heavy (non-hydrogen) atoms. The van der Waals surface area contributed by atoms with Gasteiger partial charge in [0.15, 0.2) is 0 Å². The lowest BCUT2D eigenvalue weighted by Crippen LogP contribution is -2.29. The molecule has 4 heteroatoms.